The molecule has 2 atom stereocenters. The van der Waals surface area contributed by atoms with Crippen molar-refractivity contribution < 1.29 is 13.3 Å². The molecule has 0 fully saturated rings. The van der Waals surface area contributed by atoms with Crippen molar-refractivity contribution in [2.24, 2.45) is 4.99 Å². The number of rotatable bonds is 6. The summed E-state index contributed by atoms with van der Waals surface area (Å²) in [5.74, 6) is -0.145. The Morgan fingerprint density at radius 3 is 2.89 bits per heavy atom. The summed E-state index contributed by atoms with van der Waals surface area (Å²) in [6.07, 6.45) is 4.46. The predicted molar refractivity (Wildman–Crippen MR) is 135 cm³/mol. The van der Waals surface area contributed by atoms with Gasteiger partial charge in [-0.3, -0.25) is 10.3 Å². The number of nitrogens with zero attached hydrogens (tertiary/aromatic N) is 5. The summed E-state index contributed by atoms with van der Waals surface area (Å²) in [6.45, 7) is 7.14. The number of allylic oxidation sites excluding steroid dienone is 2. The minimum Gasteiger partial charge on any atom is -0.389 e. The second-order valence-corrected chi connectivity index (χ2v) is 8.79. The van der Waals surface area contributed by atoms with E-state index in [2.05, 4.69) is 52.2 Å². The molecule has 2 unspecified atom stereocenters. The summed E-state index contributed by atoms with van der Waals surface area (Å²) < 4.78 is 24.4. The van der Waals surface area contributed by atoms with E-state index in [0.29, 0.717) is 35.2 Å². The van der Waals surface area contributed by atoms with Crippen molar-refractivity contribution in [3.63, 3.8) is 0 Å². The highest BCUT2D eigenvalue weighted by Gasteiger charge is 2.53. The van der Waals surface area contributed by atoms with Crippen LogP contribution in [-0.4, -0.2) is 41.5 Å². The molecule has 12 nitrogen and oxygen atoms in total. The van der Waals surface area contributed by atoms with Crippen LogP contribution in [0.15, 0.2) is 67.7 Å². The van der Waals surface area contributed by atoms with Crippen LogP contribution in [0.3, 0.4) is 0 Å². The van der Waals surface area contributed by atoms with Gasteiger partial charge in [-0.2, -0.15) is 4.98 Å². The maximum absolute atomic E-state index is 13.5. The number of aryl methyl sites for hydroxylation is 1. The van der Waals surface area contributed by atoms with E-state index in [1.54, 1.807) is 20.0 Å². The van der Waals surface area contributed by atoms with Gasteiger partial charge in [0.05, 0.1) is 35.5 Å². The van der Waals surface area contributed by atoms with Crippen LogP contribution in [0.2, 0.25) is 0 Å². The summed E-state index contributed by atoms with van der Waals surface area (Å²) in [4.78, 5) is 31.9. The lowest BCUT2D eigenvalue weighted by Crippen LogP contribution is -2.52. The molecule has 5 aromatic rings. The molecule has 0 spiro atoms. The van der Waals surface area contributed by atoms with Gasteiger partial charge in [0, 0.05) is 17.8 Å². The molecule has 0 amide bonds. The fraction of sp³-hybridized carbons (Fsp3) is 0.200. The second kappa shape index (κ2) is 8.88. The summed E-state index contributed by atoms with van der Waals surface area (Å²) >= 11 is 0. The molecule has 1 aromatic carbocycles. The van der Waals surface area contributed by atoms with E-state index in [1.807, 2.05) is 24.3 Å². The van der Waals surface area contributed by atoms with E-state index in [1.165, 1.54) is 6.08 Å². The van der Waals surface area contributed by atoms with Crippen LogP contribution in [0, 0.1) is 6.92 Å². The number of aromatic amines is 3. The van der Waals surface area contributed by atoms with Gasteiger partial charge in [0.1, 0.15) is 11.7 Å². The molecule has 13 heteroatoms. The monoisotopic (exact) mass is 515 g/mol. The standard InChI is InChI=1S/C25H22FN9O3/c1-4-14(26)10-27-12(2)19-11-28-21(31-19)18-9-16-15-7-5-6-8-17(15)30-20(16)25(32-18,22-29-13(3)38-35-22)23-33-34-24(36)37-23/h4-8,10-11,18,30,32H,2,9H2,1,3H3,(H,28,31)(H,34,36). The molecule has 1 aliphatic heterocycles. The van der Waals surface area contributed by atoms with Gasteiger partial charge in [0.25, 0.3) is 5.89 Å². The minimum atomic E-state index is -1.43. The molecule has 0 saturated heterocycles. The number of fused-ring (bicyclic) bond motifs is 3. The highest BCUT2D eigenvalue weighted by Crippen LogP contribution is 2.44. The molecule has 0 radical (unpaired) electrons. The number of para-hydroxylation sites is 1. The highest BCUT2D eigenvalue weighted by atomic mass is 19.1. The number of aliphatic imine (C=N–C) groups is 1. The first-order valence-corrected chi connectivity index (χ1v) is 11.7. The van der Waals surface area contributed by atoms with Crippen molar-refractivity contribution in [1.82, 2.24) is 40.6 Å². The normalized spacial score (nSPS) is 19.9. The van der Waals surface area contributed by atoms with E-state index >= 15 is 0 Å². The maximum Gasteiger partial charge on any atom is 0.434 e. The van der Waals surface area contributed by atoms with Crippen molar-refractivity contribution in [2.75, 3.05) is 0 Å². The largest absolute Gasteiger partial charge is 0.434 e. The predicted octanol–water partition coefficient (Wildman–Crippen LogP) is 3.35. The Hall–Kier alpha value is -4.91. The van der Waals surface area contributed by atoms with Crippen LogP contribution >= 0.6 is 0 Å². The first kappa shape index (κ1) is 23.5. The van der Waals surface area contributed by atoms with E-state index in [-0.39, 0.29) is 11.7 Å². The third-order valence-electron chi connectivity index (χ3n) is 6.47. The number of H-pyrrole nitrogens is 3. The summed E-state index contributed by atoms with van der Waals surface area (Å²) in [7, 11) is 0. The van der Waals surface area contributed by atoms with Gasteiger partial charge < -0.3 is 18.9 Å². The van der Waals surface area contributed by atoms with E-state index in [9.17, 15) is 9.18 Å². The number of halogens is 1. The van der Waals surface area contributed by atoms with Gasteiger partial charge in [-0.15, -0.1) is 5.10 Å². The Morgan fingerprint density at radius 1 is 1.32 bits per heavy atom. The lowest BCUT2D eigenvalue weighted by molar-refractivity contribution is 0.264. The van der Waals surface area contributed by atoms with Crippen LogP contribution in [0.25, 0.3) is 16.6 Å². The van der Waals surface area contributed by atoms with Crippen LogP contribution in [-0.2, 0) is 12.0 Å². The van der Waals surface area contributed by atoms with Crippen LogP contribution in [0.4, 0.5) is 4.39 Å². The van der Waals surface area contributed by atoms with Crippen LogP contribution in [0.1, 0.15) is 53.3 Å². The smallest absolute Gasteiger partial charge is 0.389 e. The summed E-state index contributed by atoms with van der Waals surface area (Å²) in [5, 5.41) is 15.2. The molecule has 0 bridgehead atoms. The molecule has 0 saturated carbocycles. The summed E-state index contributed by atoms with van der Waals surface area (Å²) in [6, 6.07) is 7.36. The highest BCUT2D eigenvalue weighted by molar-refractivity contribution is 5.86. The average molecular weight is 516 g/mol. The van der Waals surface area contributed by atoms with Gasteiger partial charge in [0.15, 0.2) is 0 Å². The van der Waals surface area contributed by atoms with Gasteiger partial charge in [0.2, 0.25) is 17.3 Å². The second-order valence-electron chi connectivity index (χ2n) is 8.79. The van der Waals surface area contributed by atoms with Crippen LogP contribution in [0.5, 0.6) is 0 Å². The van der Waals surface area contributed by atoms with Gasteiger partial charge in [-0.1, -0.05) is 36.0 Å². The average Bonchev–Trinajstić information content (AvgIpc) is 3.73. The third-order valence-corrected chi connectivity index (χ3v) is 6.47. The van der Waals surface area contributed by atoms with E-state index in [4.69, 9.17) is 8.94 Å². The molecule has 192 valence electrons. The SMILES string of the molecule is C=C(N=CC(F)=CC)c1cnc(C2Cc3c([nH]c4ccccc34)C(c3noc(C)n3)(c3n[nH]c(=O)o3)N2)[nH]1. The Kier molecular flexibility index (Phi) is 5.49. The third kappa shape index (κ3) is 3.71. The molecular formula is C25H22FN9O3. The van der Waals surface area contributed by atoms with Crippen molar-refractivity contribution in [1.29, 1.82) is 0 Å². The zero-order valence-corrected chi connectivity index (χ0v) is 20.4. The fourth-order valence-corrected chi connectivity index (χ4v) is 4.71. The first-order valence-electron chi connectivity index (χ1n) is 11.7. The Labute approximate surface area is 213 Å². The zero-order chi connectivity index (χ0) is 26.4. The number of aromatic nitrogens is 7. The van der Waals surface area contributed by atoms with Crippen molar-refractivity contribution in [3.05, 3.63) is 99.9 Å². The Morgan fingerprint density at radius 2 is 2.16 bits per heavy atom. The Balaban J connectivity index is 1.52. The molecule has 4 aromatic heterocycles. The van der Waals surface area contributed by atoms with E-state index < -0.39 is 23.2 Å². The summed E-state index contributed by atoms with van der Waals surface area (Å²) in [5.41, 5.74) is 1.86. The number of hydrogen-bond acceptors (Lipinski definition) is 9. The number of nitrogens with one attached hydrogen (secondary N) is 4. The number of benzene rings is 1. The molecule has 5 heterocycles. The zero-order valence-electron chi connectivity index (χ0n) is 20.4. The maximum atomic E-state index is 13.5. The van der Waals surface area contributed by atoms with Gasteiger partial charge in [-0.05, 0) is 25.0 Å². The molecule has 4 N–H and O–H groups in total. The Bertz CT molecular complexity index is 1790. The van der Waals surface area contributed by atoms with E-state index in [0.717, 1.165) is 22.7 Å². The lowest BCUT2D eigenvalue weighted by Gasteiger charge is -2.37. The van der Waals surface area contributed by atoms with Crippen molar-refractivity contribution >= 4 is 22.8 Å². The lowest BCUT2D eigenvalue weighted by atomic mass is 9.82. The van der Waals surface area contributed by atoms with Crippen LogP contribution < -0.4 is 11.1 Å². The first-order chi connectivity index (χ1) is 18.4. The van der Waals surface area contributed by atoms with Gasteiger partial charge >= 0.3 is 5.76 Å². The number of hydrogen-bond donors (Lipinski definition) is 4. The molecular weight excluding hydrogens is 493 g/mol. The molecule has 6 rings (SSSR count). The van der Waals surface area contributed by atoms with Crippen molar-refractivity contribution in [2.45, 2.75) is 31.8 Å². The topological polar surface area (TPSA) is 167 Å². The quantitative estimate of drug-likeness (QED) is 0.250. The number of imidazole rings is 1. The van der Waals surface area contributed by atoms with Crippen molar-refractivity contribution in [3.8, 4) is 0 Å². The van der Waals surface area contributed by atoms with Gasteiger partial charge in [-0.25, -0.2) is 19.3 Å². The molecule has 1 aliphatic rings. The minimum absolute atomic E-state index is 0.00317. The molecule has 0 aliphatic carbocycles. The molecule has 38 heavy (non-hydrogen) atoms. The fourth-order valence-electron chi connectivity index (χ4n) is 4.71.